The van der Waals surface area contributed by atoms with Crippen LogP contribution in [0, 0.1) is 11.3 Å². The van der Waals surface area contributed by atoms with Gasteiger partial charge < -0.3 is 25.0 Å². The van der Waals surface area contributed by atoms with Crippen molar-refractivity contribution < 1.29 is 19.4 Å². The number of nitriles is 1. The van der Waals surface area contributed by atoms with Crippen LogP contribution < -0.4 is 10.2 Å². The number of nitrogens with one attached hydrogen (secondary N) is 1. The summed E-state index contributed by atoms with van der Waals surface area (Å²) in [6, 6.07) is 8.67. The summed E-state index contributed by atoms with van der Waals surface area (Å²) in [7, 11) is 0. The first-order valence-corrected chi connectivity index (χ1v) is 11.5. The summed E-state index contributed by atoms with van der Waals surface area (Å²) in [6.07, 6.45) is 2.63. The summed E-state index contributed by atoms with van der Waals surface area (Å²) in [5, 5.41) is 22.6. The third-order valence-corrected chi connectivity index (χ3v) is 5.57. The summed E-state index contributed by atoms with van der Waals surface area (Å²) in [5.41, 5.74) is 0.799. The van der Waals surface area contributed by atoms with Gasteiger partial charge in [-0.15, -0.1) is 0 Å². The van der Waals surface area contributed by atoms with E-state index in [2.05, 4.69) is 20.3 Å². The van der Waals surface area contributed by atoms with Gasteiger partial charge >= 0.3 is 6.09 Å². The van der Waals surface area contributed by atoms with Crippen LogP contribution in [0.15, 0.2) is 36.7 Å². The fourth-order valence-electron chi connectivity index (χ4n) is 3.73. The molecular weight excluding hydrogens is 462 g/mol. The number of carbonyl (C=O) groups is 2. The molecule has 36 heavy (non-hydrogen) atoms. The van der Waals surface area contributed by atoms with Crippen LogP contribution in [0.2, 0.25) is 0 Å². The van der Waals surface area contributed by atoms with Crippen LogP contribution in [0.3, 0.4) is 0 Å². The lowest BCUT2D eigenvalue weighted by molar-refractivity contribution is 0.0240. The molecule has 1 aliphatic rings. The second-order valence-electron chi connectivity index (χ2n) is 9.36. The topological polar surface area (TPSA) is 145 Å². The SMILES string of the molecule is CC(C)(C)OC(=O)N1CCN(c2ccc3c(O)c(C(=O)NCc4ccc(C#N)nc4)ncc3n2)CC1. The molecule has 0 spiro atoms. The van der Waals surface area contributed by atoms with Crippen molar-refractivity contribution in [2.45, 2.75) is 32.9 Å². The summed E-state index contributed by atoms with van der Waals surface area (Å²) >= 11 is 0. The van der Waals surface area contributed by atoms with Gasteiger partial charge in [0.1, 0.15) is 23.2 Å². The van der Waals surface area contributed by atoms with Crippen LogP contribution in [-0.4, -0.2) is 68.7 Å². The number of pyridine rings is 3. The van der Waals surface area contributed by atoms with Crippen LogP contribution >= 0.6 is 0 Å². The average molecular weight is 490 g/mol. The maximum absolute atomic E-state index is 12.6. The molecule has 2 amide bonds. The number of amides is 2. The predicted octanol–water partition coefficient (Wildman–Crippen LogP) is 2.59. The molecule has 3 aromatic heterocycles. The molecular formula is C25H27N7O4. The highest BCUT2D eigenvalue weighted by Gasteiger charge is 2.26. The molecule has 4 heterocycles. The molecule has 0 aliphatic carbocycles. The maximum Gasteiger partial charge on any atom is 0.410 e. The number of hydrogen-bond acceptors (Lipinski definition) is 9. The van der Waals surface area contributed by atoms with E-state index in [4.69, 9.17) is 10.00 Å². The lowest BCUT2D eigenvalue weighted by atomic mass is 10.2. The molecule has 1 aliphatic heterocycles. The largest absolute Gasteiger partial charge is 0.505 e. The molecule has 0 atom stereocenters. The first-order valence-electron chi connectivity index (χ1n) is 11.5. The molecule has 1 saturated heterocycles. The number of piperazine rings is 1. The van der Waals surface area contributed by atoms with Gasteiger partial charge in [-0.3, -0.25) is 4.79 Å². The molecule has 4 rings (SSSR count). The second-order valence-corrected chi connectivity index (χ2v) is 9.36. The number of aromatic nitrogens is 3. The molecule has 186 valence electrons. The van der Waals surface area contributed by atoms with Crippen molar-refractivity contribution in [3.8, 4) is 11.8 Å². The Hall–Kier alpha value is -4.46. The van der Waals surface area contributed by atoms with Crippen molar-refractivity contribution in [3.05, 3.63) is 53.6 Å². The van der Waals surface area contributed by atoms with E-state index in [9.17, 15) is 14.7 Å². The van der Waals surface area contributed by atoms with Crippen molar-refractivity contribution in [2.75, 3.05) is 31.1 Å². The summed E-state index contributed by atoms with van der Waals surface area (Å²) < 4.78 is 5.44. The summed E-state index contributed by atoms with van der Waals surface area (Å²) in [6.45, 7) is 7.87. The number of aromatic hydroxyl groups is 1. The first-order chi connectivity index (χ1) is 17.1. The highest BCUT2D eigenvalue weighted by Crippen LogP contribution is 2.28. The van der Waals surface area contributed by atoms with E-state index < -0.39 is 11.5 Å². The molecule has 0 unspecified atom stereocenters. The smallest absolute Gasteiger partial charge is 0.410 e. The zero-order chi connectivity index (χ0) is 25.9. The van der Waals surface area contributed by atoms with Crippen molar-refractivity contribution in [3.63, 3.8) is 0 Å². The first kappa shape index (κ1) is 24.7. The number of nitrogens with zero attached hydrogens (tertiary/aromatic N) is 6. The van der Waals surface area contributed by atoms with Gasteiger partial charge in [0.05, 0.1) is 11.7 Å². The normalized spacial score (nSPS) is 13.8. The molecule has 11 heteroatoms. The van der Waals surface area contributed by atoms with Crippen molar-refractivity contribution in [2.24, 2.45) is 0 Å². The number of hydrogen-bond donors (Lipinski definition) is 2. The summed E-state index contributed by atoms with van der Waals surface area (Å²) in [4.78, 5) is 41.3. The number of anilines is 1. The van der Waals surface area contributed by atoms with Gasteiger partial charge in [-0.2, -0.15) is 5.26 Å². The van der Waals surface area contributed by atoms with Crippen molar-refractivity contribution in [1.82, 2.24) is 25.2 Å². The minimum absolute atomic E-state index is 0.107. The number of ether oxygens (including phenoxy) is 1. The Balaban J connectivity index is 1.41. The van der Waals surface area contributed by atoms with Gasteiger partial charge in [-0.1, -0.05) is 6.07 Å². The number of rotatable bonds is 4. The lowest BCUT2D eigenvalue weighted by Gasteiger charge is -2.36. The molecule has 0 bridgehead atoms. The van der Waals surface area contributed by atoms with Gasteiger partial charge in [-0.25, -0.2) is 19.7 Å². The van der Waals surface area contributed by atoms with E-state index in [1.54, 1.807) is 29.2 Å². The highest BCUT2D eigenvalue weighted by molar-refractivity contribution is 6.00. The predicted molar refractivity (Wildman–Crippen MR) is 131 cm³/mol. The van der Waals surface area contributed by atoms with E-state index >= 15 is 0 Å². The molecule has 3 aromatic rings. The fourth-order valence-corrected chi connectivity index (χ4v) is 3.73. The van der Waals surface area contributed by atoms with Crippen molar-refractivity contribution >= 4 is 28.7 Å². The van der Waals surface area contributed by atoms with E-state index in [1.807, 2.05) is 31.7 Å². The molecule has 1 fully saturated rings. The zero-order valence-electron chi connectivity index (χ0n) is 20.4. The number of fused-ring (bicyclic) bond motifs is 1. The van der Waals surface area contributed by atoms with Crippen LogP contribution in [0.5, 0.6) is 5.75 Å². The monoisotopic (exact) mass is 489 g/mol. The molecule has 0 saturated carbocycles. The van der Waals surface area contributed by atoms with Gasteiger partial charge in [-0.05, 0) is 44.5 Å². The quantitative estimate of drug-likeness (QED) is 0.565. The van der Waals surface area contributed by atoms with Crippen LogP contribution in [0.1, 0.15) is 42.5 Å². The van der Waals surface area contributed by atoms with E-state index in [1.165, 1.54) is 12.4 Å². The Morgan fingerprint density at radius 3 is 2.50 bits per heavy atom. The Labute approximate surface area is 208 Å². The zero-order valence-corrected chi connectivity index (χ0v) is 20.4. The lowest BCUT2D eigenvalue weighted by Crippen LogP contribution is -2.50. The Kier molecular flexibility index (Phi) is 6.87. The average Bonchev–Trinajstić information content (AvgIpc) is 2.86. The third kappa shape index (κ3) is 5.60. The van der Waals surface area contributed by atoms with Crippen LogP contribution in [0.4, 0.5) is 10.6 Å². The highest BCUT2D eigenvalue weighted by atomic mass is 16.6. The summed E-state index contributed by atoms with van der Waals surface area (Å²) in [5.74, 6) is -0.101. The molecule has 11 nitrogen and oxygen atoms in total. The minimum Gasteiger partial charge on any atom is -0.505 e. The molecule has 2 N–H and O–H groups in total. The van der Waals surface area contributed by atoms with Crippen LogP contribution in [0.25, 0.3) is 10.9 Å². The molecule has 0 aromatic carbocycles. The standard InChI is InChI=1S/C25H27N7O4/c1-25(2,3)36-24(35)32-10-8-31(9-11-32)20-7-6-18-19(30-20)15-28-21(22(18)33)23(34)29-14-16-4-5-17(12-26)27-13-16/h4-7,13,15,33H,8-11,14H2,1-3H3,(H,29,34). The Bertz CT molecular complexity index is 1320. The van der Waals surface area contributed by atoms with E-state index in [-0.39, 0.29) is 29.8 Å². The van der Waals surface area contributed by atoms with Crippen LogP contribution in [-0.2, 0) is 11.3 Å². The van der Waals surface area contributed by atoms with Gasteiger partial charge in [0.2, 0.25) is 0 Å². The van der Waals surface area contributed by atoms with Crippen molar-refractivity contribution in [1.29, 1.82) is 5.26 Å². The fraction of sp³-hybridized carbons (Fsp3) is 0.360. The van der Waals surface area contributed by atoms with Gasteiger partial charge in [0.15, 0.2) is 11.4 Å². The van der Waals surface area contributed by atoms with E-state index in [0.717, 1.165) is 0 Å². The second kappa shape index (κ2) is 10.0. The third-order valence-electron chi connectivity index (χ3n) is 5.57. The van der Waals surface area contributed by atoms with Gasteiger partial charge in [0, 0.05) is 44.3 Å². The number of carbonyl (C=O) groups excluding carboxylic acids is 2. The van der Waals surface area contributed by atoms with Gasteiger partial charge in [0.25, 0.3) is 5.91 Å². The van der Waals surface area contributed by atoms with E-state index in [0.29, 0.717) is 48.5 Å². The minimum atomic E-state index is -0.542. The Morgan fingerprint density at radius 1 is 1.11 bits per heavy atom. The maximum atomic E-state index is 12.6. The molecule has 0 radical (unpaired) electrons. The Morgan fingerprint density at radius 2 is 1.86 bits per heavy atom.